The van der Waals surface area contributed by atoms with E-state index in [1.807, 2.05) is 51.1 Å². The molecule has 0 fully saturated rings. The number of para-hydroxylation sites is 1. The Labute approximate surface area is 104 Å². The minimum Gasteiger partial charge on any atom is -0.461 e. The zero-order chi connectivity index (χ0) is 12.7. The molecule has 5 heteroatoms. The van der Waals surface area contributed by atoms with Crippen LogP contribution in [0.5, 0.6) is 5.75 Å². The molecule has 96 valence electrons. The lowest BCUT2D eigenvalue weighted by atomic mass is 10.3. The van der Waals surface area contributed by atoms with Gasteiger partial charge in [-0.1, -0.05) is 18.2 Å². The summed E-state index contributed by atoms with van der Waals surface area (Å²) < 4.78 is 10.7. The van der Waals surface area contributed by atoms with Crippen LogP contribution < -0.4 is 9.61 Å². The number of hydrogen-bond donors (Lipinski definition) is 2. The molecule has 0 aromatic heterocycles. The van der Waals surface area contributed by atoms with Crippen molar-refractivity contribution in [2.45, 2.75) is 39.2 Å². The van der Waals surface area contributed by atoms with Crippen LogP contribution in [-0.4, -0.2) is 23.5 Å². The first kappa shape index (κ1) is 14.4. The third-order valence-corrected chi connectivity index (χ3v) is 2.95. The van der Waals surface area contributed by atoms with Crippen molar-refractivity contribution < 1.29 is 14.4 Å². The van der Waals surface area contributed by atoms with Gasteiger partial charge in [-0.3, -0.25) is 5.09 Å². The van der Waals surface area contributed by atoms with Crippen LogP contribution in [0.25, 0.3) is 0 Å². The van der Waals surface area contributed by atoms with Crippen molar-refractivity contribution in [2.75, 3.05) is 0 Å². The van der Waals surface area contributed by atoms with E-state index in [1.54, 1.807) is 0 Å². The topological polar surface area (TPSA) is 50.7 Å². The standard InChI is InChI=1S/C12H20NO3P/c1-9(2)15-12(14)10(3)13-17-16-11-7-5-4-6-8-11/h4-10,12-14,17H,1-3H3/t10-,12?/m0/s1. The molecule has 17 heavy (non-hydrogen) atoms. The molecule has 2 unspecified atom stereocenters. The Bertz CT molecular complexity index is 308. The lowest BCUT2D eigenvalue weighted by Crippen LogP contribution is -2.36. The highest BCUT2D eigenvalue weighted by atomic mass is 31.1. The van der Waals surface area contributed by atoms with Crippen molar-refractivity contribution in [3.8, 4) is 5.75 Å². The van der Waals surface area contributed by atoms with E-state index in [4.69, 9.17) is 9.26 Å². The molecular formula is C12H20NO3P. The van der Waals surface area contributed by atoms with Gasteiger partial charge in [0.05, 0.1) is 12.1 Å². The van der Waals surface area contributed by atoms with Crippen molar-refractivity contribution in [1.82, 2.24) is 5.09 Å². The summed E-state index contributed by atoms with van der Waals surface area (Å²) in [6.45, 7) is 5.63. The van der Waals surface area contributed by atoms with E-state index in [0.29, 0.717) is 0 Å². The summed E-state index contributed by atoms with van der Waals surface area (Å²) in [5.41, 5.74) is 0. The zero-order valence-corrected chi connectivity index (χ0v) is 11.4. The van der Waals surface area contributed by atoms with Gasteiger partial charge in [0, 0.05) is 0 Å². The van der Waals surface area contributed by atoms with Gasteiger partial charge in [-0.25, -0.2) is 0 Å². The van der Waals surface area contributed by atoms with E-state index < -0.39 is 6.29 Å². The van der Waals surface area contributed by atoms with E-state index >= 15 is 0 Å². The predicted molar refractivity (Wildman–Crippen MR) is 70.2 cm³/mol. The van der Waals surface area contributed by atoms with Crippen molar-refractivity contribution >= 4 is 8.96 Å². The molecule has 0 aliphatic carbocycles. The quantitative estimate of drug-likeness (QED) is 0.581. The first-order chi connectivity index (χ1) is 8.09. The van der Waals surface area contributed by atoms with Gasteiger partial charge in [0.15, 0.2) is 6.29 Å². The first-order valence-electron chi connectivity index (χ1n) is 5.65. The highest BCUT2D eigenvalue weighted by molar-refractivity contribution is 7.30. The van der Waals surface area contributed by atoms with Gasteiger partial charge in [0.1, 0.15) is 14.7 Å². The Hall–Kier alpha value is -0.670. The molecule has 4 nitrogen and oxygen atoms in total. The van der Waals surface area contributed by atoms with Gasteiger partial charge in [-0.05, 0) is 32.9 Å². The molecule has 0 aliphatic rings. The number of benzene rings is 1. The highest BCUT2D eigenvalue weighted by Gasteiger charge is 2.15. The third-order valence-electron chi connectivity index (χ3n) is 2.04. The maximum atomic E-state index is 9.65. The molecule has 0 radical (unpaired) electrons. The smallest absolute Gasteiger partial charge is 0.170 e. The molecule has 0 amide bonds. The fourth-order valence-electron chi connectivity index (χ4n) is 1.14. The van der Waals surface area contributed by atoms with Crippen molar-refractivity contribution in [2.24, 2.45) is 0 Å². The molecule has 1 rings (SSSR count). The normalized spacial score (nSPS) is 15.4. The van der Waals surface area contributed by atoms with Crippen LogP contribution in [0.15, 0.2) is 30.3 Å². The van der Waals surface area contributed by atoms with Crippen LogP contribution in [0, 0.1) is 0 Å². The van der Waals surface area contributed by atoms with Crippen LogP contribution in [-0.2, 0) is 4.74 Å². The summed E-state index contributed by atoms with van der Waals surface area (Å²) in [6.07, 6.45) is -0.811. The molecule has 0 spiro atoms. The van der Waals surface area contributed by atoms with Crippen LogP contribution in [0.4, 0.5) is 0 Å². The van der Waals surface area contributed by atoms with Crippen molar-refractivity contribution in [1.29, 1.82) is 0 Å². The number of aliphatic hydroxyl groups is 1. The molecule has 0 heterocycles. The van der Waals surface area contributed by atoms with Gasteiger partial charge >= 0.3 is 0 Å². The Balaban J connectivity index is 2.22. The van der Waals surface area contributed by atoms with E-state index in [9.17, 15) is 5.11 Å². The molecule has 0 aliphatic heterocycles. The average molecular weight is 257 g/mol. The van der Waals surface area contributed by atoms with Crippen molar-refractivity contribution in [3.05, 3.63) is 30.3 Å². The molecule has 2 N–H and O–H groups in total. The van der Waals surface area contributed by atoms with Crippen LogP contribution in [0.2, 0.25) is 0 Å². The fourth-order valence-corrected chi connectivity index (χ4v) is 1.78. The Morgan fingerprint density at radius 3 is 2.41 bits per heavy atom. The zero-order valence-electron chi connectivity index (χ0n) is 10.4. The number of hydrogen-bond acceptors (Lipinski definition) is 4. The van der Waals surface area contributed by atoms with E-state index in [0.717, 1.165) is 5.75 Å². The summed E-state index contributed by atoms with van der Waals surface area (Å²) in [4.78, 5) is 0. The summed E-state index contributed by atoms with van der Waals surface area (Å²) in [5, 5.41) is 12.7. The lowest BCUT2D eigenvalue weighted by Gasteiger charge is -2.22. The average Bonchev–Trinajstić information content (AvgIpc) is 2.29. The lowest BCUT2D eigenvalue weighted by molar-refractivity contribution is -0.137. The Morgan fingerprint density at radius 1 is 1.18 bits per heavy atom. The van der Waals surface area contributed by atoms with Gasteiger partial charge in [0.2, 0.25) is 0 Å². The van der Waals surface area contributed by atoms with Crippen LogP contribution in [0.1, 0.15) is 20.8 Å². The first-order valence-corrected chi connectivity index (χ1v) is 6.56. The minimum absolute atomic E-state index is 0.00706. The van der Waals surface area contributed by atoms with Gasteiger partial charge in [-0.2, -0.15) is 0 Å². The summed E-state index contributed by atoms with van der Waals surface area (Å²) in [5.74, 6) is 0.810. The number of nitrogens with one attached hydrogen (secondary N) is 1. The maximum absolute atomic E-state index is 9.65. The third kappa shape index (κ3) is 5.99. The summed E-state index contributed by atoms with van der Waals surface area (Å²) in [6, 6.07) is 9.38. The molecule has 0 bridgehead atoms. The Morgan fingerprint density at radius 2 is 1.82 bits per heavy atom. The largest absolute Gasteiger partial charge is 0.461 e. The SMILES string of the molecule is CC(C)OC(O)[C@H](C)NPOc1ccccc1. The van der Waals surface area contributed by atoms with Gasteiger partial charge in [-0.15, -0.1) is 0 Å². The number of aliphatic hydroxyl groups excluding tert-OH is 1. The second kappa shape index (κ2) is 7.62. The second-order valence-corrected chi connectivity index (χ2v) is 4.72. The van der Waals surface area contributed by atoms with Gasteiger partial charge < -0.3 is 14.4 Å². The van der Waals surface area contributed by atoms with Crippen LogP contribution in [0.3, 0.4) is 0 Å². The highest BCUT2D eigenvalue weighted by Crippen LogP contribution is 2.18. The summed E-state index contributed by atoms with van der Waals surface area (Å²) in [7, 11) is 0.0894. The van der Waals surface area contributed by atoms with Crippen LogP contribution >= 0.6 is 8.96 Å². The molecule has 1 aromatic carbocycles. The monoisotopic (exact) mass is 257 g/mol. The number of ether oxygens (including phenoxy) is 1. The fraction of sp³-hybridized carbons (Fsp3) is 0.500. The van der Waals surface area contributed by atoms with Gasteiger partial charge in [0.25, 0.3) is 0 Å². The molecular weight excluding hydrogens is 237 g/mol. The molecule has 3 atom stereocenters. The molecule has 0 saturated carbocycles. The minimum atomic E-state index is -0.818. The second-order valence-electron chi connectivity index (χ2n) is 4.03. The van der Waals surface area contributed by atoms with E-state index in [-0.39, 0.29) is 21.1 Å². The summed E-state index contributed by atoms with van der Waals surface area (Å²) >= 11 is 0. The predicted octanol–water partition coefficient (Wildman–Crippen LogP) is 2.30. The molecule has 1 aromatic rings. The molecule has 0 saturated heterocycles. The maximum Gasteiger partial charge on any atom is 0.170 e. The van der Waals surface area contributed by atoms with E-state index in [1.165, 1.54) is 0 Å². The van der Waals surface area contributed by atoms with Crippen molar-refractivity contribution in [3.63, 3.8) is 0 Å². The Kier molecular flexibility index (Phi) is 6.45. The van der Waals surface area contributed by atoms with E-state index in [2.05, 4.69) is 5.09 Å². The number of rotatable bonds is 7.